The molecule has 2 amide bonds. The first kappa shape index (κ1) is 46.9. The monoisotopic (exact) mass is 862 g/mol. The van der Waals surface area contributed by atoms with Crippen LogP contribution in [0.2, 0.25) is 0 Å². The van der Waals surface area contributed by atoms with Crippen LogP contribution in [0.25, 0.3) is 22.0 Å². The summed E-state index contributed by atoms with van der Waals surface area (Å²) in [5.74, 6) is -3.66. The summed E-state index contributed by atoms with van der Waals surface area (Å²) >= 11 is 0. The molecule has 15 nitrogen and oxygen atoms in total. The average Bonchev–Trinajstić information content (AvgIpc) is 3.72. The van der Waals surface area contributed by atoms with E-state index in [-0.39, 0.29) is 70.0 Å². The quantitative estimate of drug-likeness (QED) is 0.0385. The number of nitrogens with zero attached hydrogens (tertiary/aromatic N) is 3. The molecule has 0 aliphatic heterocycles. The van der Waals surface area contributed by atoms with E-state index in [1.54, 1.807) is 39.9 Å². The molecule has 4 aromatic rings. The van der Waals surface area contributed by atoms with Crippen molar-refractivity contribution < 1.29 is 51.1 Å². The first-order chi connectivity index (χ1) is 29.0. The molecule has 5 rings (SSSR count). The number of esters is 1. The van der Waals surface area contributed by atoms with Crippen molar-refractivity contribution in [2.45, 2.75) is 71.1 Å². The molecule has 0 spiro atoms. The molecule has 1 heterocycles. The van der Waals surface area contributed by atoms with Crippen LogP contribution in [0.1, 0.15) is 69.2 Å². The zero-order valence-electron chi connectivity index (χ0n) is 35.6. The summed E-state index contributed by atoms with van der Waals surface area (Å²) in [6.45, 7) is 7.11. The maximum absolute atomic E-state index is 13.4. The van der Waals surface area contributed by atoms with Crippen LogP contribution < -0.4 is 5.32 Å². The number of aromatic nitrogens is 1. The maximum Gasteiger partial charge on any atom is 0.424 e. The van der Waals surface area contributed by atoms with E-state index in [1.807, 2.05) is 59.2 Å². The Balaban J connectivity index is 1.09. The number of nitrogens with one attached hydrogen (secondary N) is 1. The Labute approximate surface area is 358 Å². The fourth-order valence-corrected chi connectivity index (χ4v) is 8.13. The minimum atomic E-state index is -4.58. The smallest absolute Gasteiger partial charge is 0.424 e. The molecule has 3 aromatic carbocycles. The van der Waals surface area contributed by atoms with Crippen molar-refractivity contribution in [2.75, 3.05) is 59.4 Å². The van der Waals surface area contributed by atoms with Crippen molar-refractivity contribution in [1.29, 1.82) is 0 Å². The number of ketones is 1. The van der Waals surface area contributed by atoms with Crippen molar-refractivity contribution in [3.8, 4) is 11.1 Å². The number of carbonyl (C=O) groups is 4. The van der Waals surface area contributed by atoms with E-state index in [0.717, 1.165) is 38.9 Å². The van der Waals surface area contributed by atoms with Crippen molar-refractivity contribution in [3.63, 3.8) is 0 Å². The summed E-state index contributed by atoms with van der Waals surface area (Å²) in [4.78, 5) is 51.5. The van der Waals surface area contributed by atoms with Gasteiger partial charge in [-0.2, -0.15) is 8.42 Å². The topological polar surface area (TPSA) is 183 Å². The largest absolute Gasteiger partial charge is 0.460 e. The molecule has 1 aliphatic carbocycles. The van der Waals surface area contributed by atoms with Gasteiger partial charge in [-0.15, -0.1) is 0 Å². The molecule has 1 aliphatic rings. The summed E-state index contributed by atoms with van der Waals surface area (Å²) in [5, 5.41) is 6.66. The standard InChI is InChI=1S/C45H58N4O11S/c1-45(2,3)60-42(51)19-12-23-57-25-26-58-24-21-46-43(52)33(31-61(54,55)56)28-35(50)20-22-49-34(27-32-13-6-11-18-41(32)49)29-47(4)48(5)44(53)59-30-40-38-16-9-7-14-36(38)37-15-8-10-17-39(37)40/h6-11,13-18,27,33,40H,12,19-26,28-31H2,1-5H3,(H,46,52)(H,54,55,56)/t33-/m0/s1. The van der Waals surface area contributed by atoms with Gasteiger partial charge in [0.2, 0.25) is 5.91 Å². The molecule has 1 atom stereocenters. The molecule has 16 heteroatoms. The summed E-state index contributed by atoms with van der Waals surface area (Å²) < 4.78 is 57.3. The number of carbonyl (C=O) groups excluding carboxylic acids is 4. The Morgan fingerprint density at radius 1 is 0.852 bits per heavy atom. The molecule has 0 radical (unpaired) electrons. The number of rotatable bonds is 23. The van der Waals surface area contributed by atoms with Gasteiger partial charge in [0.1, 0.15) is 18.0 Å². The lowest BCUT2D eigenvalue weighted by molar-refractivity contribution is -0.155. The van der Waals surface area contributed by atoms with Crippen LogP contribution in [-0.4, -0.2) is 116 Å². The third-order valence-electron chi connectivity index (χ3n) is 10.3. The number of aryl methyl sites for hydroxylation is 1. The number of benzene rings is 3. The minimum Gasteiger partial charge on any atom is -0.460 e. The van der Waals surface area contributed by atoms with Crippen molar-refractivity contribution in [1.82, 2.24) is 19.9 Å². The summed E-state index contributed by atoms with van der Waals surface area (Å²) in [5.41, 5.74) is 5.65. The van der Waals surface area contributed by atoms with E-state index in [4.69, 9.17) is 18.9 Å². The van der Waals surface area contributed by atoms with Gasteiger partial charge in [0.05, 0.1) is 38.0 Å². The van der Waals surface area contributed by atoms with Gasteiger partial charge in [0, 0.05) is 70.2 Å². The maximum atomic E-state index is 13.4. The summed E-state index contributed by atoms with van der Waals surface area (Å²) in [7, 11) is -1.18. The number of Topliss-reactive ketones (excluding diaryl/α,β-unsaturated/α-hetero) is 1. The highest BCUT2D eigenvalue weighted by atomic mass is 32.2. The van der Waals surface area contributed by atoms with Gasteiger partial charge in [-0.25, -0.2) is 14.8 Å². The van der Waals surface area contributed by atoms with Crippen molar-refractivity contribution >= 4 is 44.8 Å². The highest BCUT2D eigenvalue weighted by Crippen LogP contribution is 2.44. The van der Waals surface area contributed by atoms with E-state index in [2.05, 4.69) is 29.6 Å². The Bertz CT molecular complexity index is 2210. The molecule has 1 aromatic heterocycles. The first-order valence-corrected chi connectivity index (χ1v) is 22.1. The van der Waals surface area contributed by atoms with Crippen LogP contribution in [0.5, 0.6) is 0 Å². The zero-order valence-corrected chi connectivity index (χ0v) is 36.4. The van der Waals surface area contributed by atoms with E-state index in [1.165, 1.54) is 5.01 Å². The van der Waals surface area contributed by atoms with Crippen LogP contribution in [0.15, 0.2) is 78.9 Å². The van der Waals surface area contributed by atoms with E-state index in [0.29, 0.717) is 19.6 Å². The first-order valence-electron chi connectivity index (χ1n) is 20.5. The molecule has 61 heavy (non-hydrogen) atoms. The van der Waals surface area contributed by atoms with Gasteiger partial charge in [0.25, 0.3) is 10.1 Å². The molecule has 330 valence electrons. The molecule has 0 bridgehead atoms. The van der Waals surface area contributed by atoms with Crippen LogP contribution >= 0.6 is 0 Å². The lowest BCUT2D eigenvalue weighted by Gasteiger charge is -2.28. The molecule has 0 saturated heterocycles. The number of ether oxygens (including phenoxy) is 4. The number of hydrogen-bond donors (Lipinski definition) is 2. The second kappa shape index (κ2) is 21.6. The Morgan fingerprint density at radius 2 is 1.48 bits per heavy atom. The highest BCUT2D eigenvalue weighted by molar-refractivity contribution is 7.85. The molecular weight excluding hydrogens is 805 g/mol. The number of hydrogen-bond acceptors (Lipinski definition) is 11. The van der Waals surface area contributed by atoms with Crippen molar-refractivity contribution in [3.05, 3.63) is 95.7 Å². The normalized spacial score (nSPS) is 13.2. The van der Waals surface area contributed by atoms with Gasteiger partial charge in [-0.05, 0) is 67.0 Å². The van der Waals surface area contributed by atoms with Crippen LogP contribution in [0, 0.1) is 5.92 Å². The SMILES string of the molecule is CN(Cc1cc2ccccc2n1CCC(=O)C[C@@H](CS(=O)(=O)O)C(=O)NCCOCCOCCCC(=O)OC(C)(C)C)N(C)C(=O)OCC1c2ccccc2-c2ccccc21. The number of para-hydroxylation sites is 1. The molecule has 0 unspecified atom stereocenters. The van der Waals surface area contributed by atoms with Gasteiger partial charge >= 0.3 is 12.1 Å². The predicted octanol–water partition coefficient (Wildman–Crippen LogP) is 5.99. The van der Waals surface area contributed by atoms with E-state index in [9.17, 15) is 32.1 Å². The Kier molecular flexibility index (Phi) is 16.6. The van der Waals surface area contributed by atoms with Gasteiger partial charge in [-0.1, -0.05) is 66.7 Å². The fraction of sp³-hybridized carbons (Fsp3) is 0.467. The van der Waals surface area contributed by atoms with Crippen LogP contribution in [0.3, 0.4) is 0 Å². The van der Waals surface area contributed by atoms with Gasteiger partial charge < -0.3 is 28.8 Å². The minimum absolute atomic E-state index is 0.0201. The second-order valence-electron chi connectivity index (χ2n) is 16.1. The fourth-order valence-electron chi connectivity index (χ4n) is 7.35. The third-order valence-corrected chi connectivity index (χ3v) is 11.1. The third kappa shape index (κ3) is 13.9. The molecular formula is C45H58N4O11S. The number of hydrazine groups is 1. The molecule has 0 saturated carbocycles. The average molecular weight is 863 g/mol. The van der Waals surface area contributed by atoms with Gasteiger partial charge in [-0.3, -0.25) is 18.9 Å². The van der Waals surface area contributed by atoms with Gasteiger partial charge in [0.15, 0.2) is 0 Å². The lowest BCUT2D eigenvalue weighted by atomic mass is 9.98. The van der Waals surface area contributed by atoms with E-state index >= 15 is 0 Å². The lowest BCUT2D eigenvalue weighted by Crippen LogP contribution is -2.41. The number of amides is 2. The second-order valence-corrected chi connectivity index (χ2v) is 17.6. The van der Waals surface area contributed by atoms with Crippen molar-refractivity contribution in [2.24, 2.45) is 5.92 Å². The number of fused-ring (bicyclic) bond motifs is 4. The molecule has 0 fully saturated rings. The zero-order chi connectivity index (χ0) is 44.2. The highest BCUT2D eigenvalue weighted by Gasteiger charge is 2.30. The Morgan fingerprint density at radius 3 is 2.13 bits per heavy atom. The summed E-state index contributed by atoms with van der Waals surface area (Å²) in [6.07, 6.45) is -0.196. The van der Waals surface area contributed by atoms with E-state index < -0.39 is 45.8 Å². The predicted molar refractivity (Wildman–Crippen MR) is 230 cm³/mol. The molecule has 2 N–H and O–H groups in total. The Hall–Kier alpha value is -5.13. The van der Waals surface area contributed by atoms with Crippen LogP contribution in [0.4, 0.5) is 4.79 Å². The van der Waals surface area contributed by atoms with Crippen LogP contribution in [-0.2, 0) is 56.5 Å². The summed E-state index contributed by atoms with van der Waals surface area (Å²) in [6, 6.07) is 25.9.